The molecule has 2 aliphatic rings. The van der Waals surface area contributed by atoms with E-state index in [1.165, 1.54) is 11.3 Å². The molecule has 0 bridgehead atoms. The third kappa shape index (κ3) is 5.85. The van der Waals surface area contributed by atoms with Crippen LogP contribution in [0.4, 0.5) is 16.5 Å². The fourth-order valence-corrected chi connectivity index (χ4v) is 4.95. The Morgan fingerprint density at radius 2 is 1.88 bits per heavy atom. The molecule has 2 aliphatic heterocycles. The van der Waals surface area contributed by atoms with Crippen molar-refractivity contribution in [2.75, 3.05) is 61.5 Å². The number of hydrogen-bond acceptors (Lipinski definition) is 7. The minimum absolute atomic E-state index is 0.0143. The van der Waals surface area contributed by atoms with E-state index in [9.17, 15) is 9.59 Å². The predicted molar refractivity (Wildman–Crippen MR) is 127 cm³/mol. The van der Waals surface area contributed by atoms with Crippen LogP contribution in [-0.2, 0) is 14.3 Å². The van der Waals surface area contributed by atoms with Gasteiger partial charge in [0, 0.05) is 35.9 Å². The van der Waals surface area contributed by atoms with Crippen LogP contribution in [0.3, 0.4) is 0 Å². The number of aryl methyl sites for hydroxylation is 2. The van der Waals surface area contributed by atoms with Crippen LogP contribution in [0.25, 0.3) is 0 Å². The van der Waals surface area contributed by atoms with Gasteiger partial charge in [-0.2, -0.15) is 0 Å². The Bertz CT molecular complexity index is 920. The first kappa shape index (κ1) is 22.7. The molecule has 2 aromatic rings. The maximum Gasteiger partial charge on any atom is 0.240 e. The third-order valence-electron chi connectivity index (χ3n) is 6.03. The summed E-state index contributed by atoms with van der Waals surface area (Å²) in [7, 11) is 0. The van der Waals surface area contributed by atoms with Crippen molar-refractivity contribution in [3.8, 4) is 0 Å². The van der Waals surface area contributed by atoms with Gasteiger partial charge in [0.1, 0.15) is 0 Å². The van der Waals surface area contributed by atoms with E-state index in [1.54, 1.807) is 0 Å². The molecule has 0 saturated carbocycles. The van der Waals surface area contributed by atoms with E-state index in [4.69, 9.17) is 4.74 Å². The van der Waals surface area contributed by atoms with Crippen LogP contribution in [0.15, 0.2) is 24.3 Å². The number of amides is 2. The highest BCUT2D eigenvalue weighted by molar-refractivity contribution is 7.15. The molecule has 9 heteroatoms. The largest absolute Gasteiger partial charge is 0.378 e. The Morgan fingerprint density at radius 3 is 2.56 bits per heavy atom. The SMILES string of the molecule is Cc1nc(NC(=O)CN2CCCC(C(=O)Nc3ccc(N4CCOCC4)cc3)C2)sc1C. The number of ether oxygens (including phenoxy) is 1. The maximum absolute atomic E-state index is 12.8. The molecule has 1 unspecified atom stereocenters. The van der Waals surface area contributed by atoms with Crippen LogP contribution in [0.1, 0.15) is 23.4 Å². The van der Waals surface area contributed by atoms with Crippen LogP contribution < -0.4 is 15.5 Å². The van der Waals surface area contributed by atoms with Crippen molar-refractivity contribution in [1.29, 1.82) is 0 Å². The highest BCUT2D eigenvalue weighted by atomic mass is 32.1. The zero-order valence-corrected chi connectivity index (χ0v) is 19.5. The number of morpholine rings is 1. The molecule has 0 radical (unpaired) electrons. The first-order chi connectivity index (χ1) is 15.5. The van der Waals surface area contributed by atoms with E-state index in [0.717, 1.165) is 67.6 Å². The van der Waals surface area contributed by atoms with Crippen LogP contribution in [0.2, 0.25) is 0 Å². The molecule has 0 aliphatic carbocycles. The summed E-state index contributed by atoms with van der Waals surface area (Å²) in [5.41, 5.74) is 2.89. The Hall–Kier alpha value is -2.49. The summed E-state index contributed by atoms with van der Waals surface area (Å²) in [5, 5.41) is 6.56. The van der Waals surface area contributed by atoms with Crippen LogP contribution >= 0.6 is 11.3 Å². The number of carbonyl (C=O) groups excluding carboxylic acids is 2. The number of likely N-dealkylation sites (tertiary alicyclic amines) is 1. The van der Waals surface area contributed by atoms with Gasteiger partial charge < -0.3 is 20.3 Å². The average molecular weight is 458 g/mol. The summed E-state index contributed by atoms with van der Waals surface area (Å²) in [6.45, 7) is 8.88. The average Bonchev–Trinajstić information content (AvgIpc) is 3.11. The minimum atomic E-state index is -0.125. The molecule has 2 fully saturated rings. The highest BCUT2D eigenvalue weighted by Crippen LogP contribution is 2.23. The zero-order chi connectivity index (χ0) is 22.5. The fraction of sp³-hybridized carbons (Fsp3) is 0.522. The molecule has 3 heterocycles. The molecule has 172 valence electrons. The predicted octanol–water partition coefficient (Wildman–Crippen LogP) is 2.89. The summed E-state index contributed by atoms with van der Waals surface area (Å²) in [4.78, 5) is 35.1. The van der Waals surface area contributed by atoms with E-state index < -0.39 is 0 Å². The normalized spacial score (nSPS) is 19.6. The topological polar surface area (TPSA) is 86.8 Å². The van der Waals surface area contributed by atoms with Crippen LogP contribution in [0.5, 0.6) is 0 Å². The van der Waals surface area contributed by atoms with E-state index in [1.807, 2.05) is 38.1 Å². The van der Waals surface area contributed by atoms with Gasteiger partial charge in [0.15, 0.2) is 5.13 Å². The molecule has 0 spiro atoms. The van der Waals surface area contributed by atoms with Gasteiger partial charge in [0.05, 0.1) is 31.4 Å². The van der Waals surface area contributed by atoms with Crippen molar-refractivity contribution in [2.45, 2.75) is 26.7 Å². The second-order valence-electron chi connectivity index (χ2n) is 8.42. The molecule has 8 nitrogen and oxygen atoms in total. The Kier molecular flexibility index (Phi) is 7.39. The van der Waals surface area contributed by atoms with E-state index in [-0.39, 0.29) is 24.3 Å². The van der Waals surface area contributed by atoms with Crippen molar-refractivity contribution >= 4 is 39.7 Å². The van der Waals surface area contributed by atoms with E-state index in [2.05, 4.69) is 25.4 Å². The second kappa shape index (κ2) is 10.4. The number of thiazole rings is 1. The van der Waals surface area contributed by atoms with Crippen molar-refractivity contribution in [2.24, 2.45) is 5.92 Å². The molecule has 1 atom stereocenters. The number of anilines is 3. The van der Waals surface area contributed by atoms with Crippen LogP contribution in [0, 0.1) is 19.8 Å². The summed E-state index contributed by atoms with van der Waals surface area (Å²) < 4.78 is 5.40. The third-order valence-corrected chi connectivity index (χ3v) is 7.02. The van der Waals surface area contributed by atoms with Crippen molar-refractivity contribution in [3.05, 3.63) is 34.8 Å². The van der Waals surface area contributed by atoms with E-state index in [0.29, 0.717) is 11.7 Å². The summed E-state index contributed by atoms with van der Waals surface area (Å²) >= 11 is 1.49. The summed E-state index contributed by atoms with van der Waals surface area (Å²) in [5.74, 6) is -0.196. The molecule has 2 amide bonds. The van der Waals surface area contributed by atoms with Gasteiger partial charge in [-0.25, -0.2) is 4.98 Å². The summed E-state index contributed by atoms with van der Waals surface area (Å²) in [6, 6.07) is 7.99. The number of aromatic nitrogens is 1. The molecule has 1 aromatic heterocycles. The van der Waals surface area contributed by atoms with Gasteiger partial charge in [-0.15, -0.1) is 11.3 Å². The molecule has 2 saturated heterocycles. The number of carbonyl (C=O) groups is 2. The van der Waals surface area contributed by atoms with Gasteiger partial charge >= 0.3 is 0 Å². The Morgan fingerprint density at radius 1 is 1.12 bits per heavy atom. The first-order valence-electron chi connectivity index (χ1n) is 11.2. The molecular weight excluding hydrogens is 426 g/mol. The Labute approximate surface area is 193 Å². The van der Waals surface area contributed by atoms with Gasteiger partial charge in [0.2, 0.25) is 11.8 Å². The zero-order valence-electron chi connectivity index (χ0n) is 18.7. The first-order valence-corrected chi connectivity index (χ1v) is 12.0. The molecular formula is C23H31N5O3S. The van der Waals surface area contributed by atoms with Gasteiger partial charge in [-0.05, 0) is 57.5 Å². The second-order valence-corrected chi connectivity index (χ2v) is 9.62. The standard InChI is InChI=1S/C23H31N5O3S/c1-16-17(2)32-23(24-16)26-21(29)15-27-9-3-4-18(14-27)22(30)25-19-5-7-20(8-6-19)28-10-12-31-13-11-28/h5-8,18H,3-4,9-15H2,1-2H3,(H,25,30)(H,24,26,29). The maximum atomic E-state index is 12.8. The van der Waals surface area contributed by atoms with Crippen molar-refractivity contribution in [1.82, 2.24) is 9.88 Å². The Balaban J connectivity index is 1.27. The minimum Gasteiger partial charge on any atom is -0.378 e. The molecule has 2 N–H and O–H groups in total. The van der Waals surface area contributed by atoms with E-state index >= 15 is 0 Å². The lowest BCUT2D eigenvalue weighted by Gasteiger charge is -2.31. The molecule has 4 rings (SSSR count). The number of rotatable bonds is 6. The van der Waals surface area contributed by atoms with Gasteiger partial charge in [-0.3, -0.25) is 14.5 Å². The fourth-order valence-electron chi connectivity index (χ4n) is 4.12. The van der Waals surface area contributed by atoms with Gasteiger partial charge in [-0.1, -0.05) is 0 Å². The van der Waals surface area contributed by atoms with Gasteiger partial charge in [0.25, 0.3) is 0 Å². The van der Waals surface area contributed by atoms with Crippen LogP contribution in [-0.4, -0.2) is 67.6 Å². The van der Waals surface area contributed by atoms with Crippen molar-refractivity contribution in [3.63, 3.8) is 0 Å². The van der Waals surface area contributed by atoms with Crippen molar-refractivity contribution < 1.29 is 14.3 Å². The smallest absolute Gasteiger partial charge is 0.240 e. The highest BCUT2D eigenvalue weighted by Gasteiger charge is 2.27. The lowest BCUT2D eigenvalue weighted by molar-refractivity contribution is -0.123. The molecule has 32 heavy (non-hydrogen) atoms. The quantitative estimate of drug-likeness (QED) is 0.694. The monoisotopic (exact) mass is 457 g/mol. The lowest BCUT2D eigenvalue weighted by Crippen LogP contribution is -2.44. The lowest BCUT2D eigenvalue weighted by atomic mass is 9.97. The summed E-state index contributed by atoms with van der Waals surface area (Å²) in [6.07, 6.45) is 1.73. The number of nitrogens with zero attached hydrogens (tertiary/aromatic N) is 3. The number of hydrogen-bond donors (Lipinski definition) is 2. The molecule has 1 aromatic carbocycles. The number of piperidine rings is 1. The number of nitrogens with one attached hydrogen (secondary N) is 2. The number of benzene rings is 1.